The van der Waals surface area contributed by atoms with Gasteiger partial charge in [-0.1, -0.05) is 18.2 Å². The Morgan fingerprint density at radius 2 is 2.17 bits per heavy atom. The second kappa shape index (κ2) is 10.4. The van der Waals surface area contributed by atoms with Gasteiger partial charge in [-0.15, -0.1) is 0 Å². The Bertz CT molecular complexity index is 925. The van der Waals surface area contributed by atoms with E-state index < -0.39 is 0 Å². The standard InChI is InChI=1S/C24H26N2O3S/c27-24(23-8-1-2-11-25-23)26(17-22-7-4-12-28-22)16-20-5-3-6-21(15-20)29-13-9-19-10-14-30-18-19/h1-3,5-6,8,10-11,14-15,18,22H,4,7,9,12-13,16-17H2. The molecule has 0 radical (unpaired) electrons. The Kier molecular flexibility index (Phi) is 7.11. The maximum absolute atomic E-state index is 13.1. The van der Waals surface area contributed by atoms with Gasteiger partial charge in [0.05, 0.1) is 12.7 Å². The molecule has 0 saturated carbocycles. The van der Waals surface area contributed by atoms with Crippen LogP contribution in [0, 0.1) is 0 Å². The fraction of sp³-hybridized carbons (Fsp3) is 0.333. The largest absolute Gasteiger partial charge is 0.493 e. The number of thiophene rings is 1. The van der Waals surface area contributed by atoms with E-state index in [4.69, 9.17) is 9.47 Å². The Hall–Kier alpha value is -2.70. The molecule has 0 spiro atoms. The Morgan fingerprint density at radius 1 is 1.20 bits per heavy atom. The molecule has 0 N–H and O–H groups in total. The zero-order valence-electron chi connectivity index (χ0n) is 16.9. The van der Waals surface area contributed by atoms with Crippen LogP contribution in [0.15, 0.2) is 65.5 Å². The van der Waals surface area contributed by atoms with E-state index in [1.807, 2.05) is 41.3 Å². The second-order valence-corrected chi connectivity index (χ2v) is 8.19. The first-order valence-corrected chi connectivity index (χ1v) is 11.3. The van der Waals surface area contributed by atoms with Crippen LogP contribution in [0.4, 0.5) is 0 Å². The number of nitrogens with zero attached hydrogens (tertiary/aromatic N) is 2. The van der Waals surface area contributed by atoms with E-state index in [-0.39, 0.29) is 12.0 Å². The Balaban J connectivity index is 1.42. The van der Waals surface area contributed by atoms with Crippen LogP contribution in [-0.4, -0.2) is 41.7 Å². The zero-order chi connectivity index (χ0) is 20.6. The lowest BCUT2D eigenvalue weighted by Crippen LogP contribution is -2.37. The van der Waals surface area contributed by atoms with E-state index in [2.05, 4.69) is 21.8 Å². The first-order chi connectivity index (χ1) is 14.8. The molecule has 3 heterocycles. The topological polar surface area (TPSA) is 51.7 Å². The van der Waals surface area contributed by atoms with Crippen LogP contribution in [0.25, 0.3) is 0 Å². The molecular formula is C24H26N2O3S. The highest BCUT2D eigenvalue weighted by Crippen LogP contribution is 2.20. The van der Waals surface area contributed by atoms with Crippen molar-refractivity contribution in [1.29, 1.82) is 0 Å². The molecule has 1 amide bonds. The molecule has 5 nitrogen and oxygen atoms in total. The van der Waals surface area contributed by atoms with Crippen LogP contribution >= 0.6 is 11.3 Å². The third-order valence-electron chi connectivity index (χ3n) is 5.13. The summed E-state index contributed by atoms with van der Waals surface area (Å²) in [6.45, 7) is 2.46. The van der Waals surface area contributed by atoms with Crippen LogP contribution in [0.2, 0.25) is 0 Å². The van der Waals surface area contributed by atoms with Gasteiger partial charge in [0.2, 0.25) is 0 Å². The summed E-state index contributed by atoms with van der Waals surface area (Å²) in [5.74, 6) is 0.750. The smallest absolute Gasteiger partial charge is 0.272 e. The average Bonchev–Trinajstić information content (AvgIpc) is 3.48. The molecule has 1 aromatic carbocycles. The van der Waals surface area contributed by atoms with Crippen molar-refractivity contribution in [3.63, 3.8) is 0 Å². The number of rotatable bonds is 9. The molecule has 1 unspecified atom stereocenters. The van der Waals surface area contributed by atoms with Gasteiger partial charge in [-0.25, -0.2) is 0 Å². The van der Waals surface area contributed by atoms with Gasteiger partial charge in [0.1, 0.15) is 11.4 Å². The number of hydrogen-bond donors (Lipinski definition) is 0. The lowest BCUT2D eigenvalue weighted by atomic mass is 10.1. The molecule has 3 aromatic rings. The van der Waals surface area contributed by atoms with Crippen molar-refractivity contribution in [2.45, 2.75) is 31.9 Å². The number of ether oxygens (including phenoxy) is 2. The van der Waals surface area contributed by atoms with Crippen molar-refractivity contribution in [3.05, 3.63) is 82.3 Å². The van der Waals surface area contributed by atoms with Crippen LogP contribution in [0.3, 0.4) is 0 Å². The normalized spacial score (nSPS) is 15.8. The van der Waals surface area contributed by atoms with E-state index in [1.165, 1.54) is 5.56 Å². The Morgan fingerprint density at radius 3 is 2.93 bits per heavy atom. The molecule has 1 aliphatic rings. The molecule has 1 aliphatic heterocycles. The van der Waals surface area contributed by atoms with Gasteiger partial charge in [0, 0.05) is 32.3 Å². The summed E-state index contributed by atoms with van der Waals surface area (Å²) in [4.78, 5) is 19.2. The quantitative estimate of drug-likeness (QED) is 0.506. The minimum absolute atomic E-state index is 0.0742. The van der Waals surface area contributed by atoms with E-state index in [0.717, 1.165) is 37.2 Å². The predicted molar refractivity (Wildman–Crippen MR) is 118 cm³/mol. The molecular weight excluding hydrogens is 396 g/mol. The molecule has 1 atom stereocenters. The summed E-state index contributed by atoms with van der Waals surface area (Å²) in [5.41, 5.74) is 2.78. The molecule has 0 bridgehead atoms. The summed E-state index contributed by atoms with van der Waals surface area (Å²) in [6, 6.07) is 15.5. The summed E-state index contributed by atoms with van der Waals surface area (Å²) in [7, 11) is 0. The van der Waals surface area contributed by atoms with E-state index >= 15 is 0 Å². The monoisotopic (exact) mass is 422 g/mol. The molecule has 1 saturated heterocycles. The summed E-state index contributed by atoms with van der Waals surface area (Å²) < 4.78 is 11.7. The third kappa shape index (κ3) is 5.68. The second-order valence-electron chi connectivity index (χ2n) is 7.41. The van der Waals surface area contributed by atoms with E-state index in [9.17, 15) is 4.79 Å². The van der Waals surface area contributed by atoms with Crippen molar-refractivity contribution in [2.75, 3.05) is 19.8 Å². The number of hydrogen-bond acceptors (Lipinski definition) is 5. The lowest BCUT2D eigenvalue weighted by Gasteiger charge is -2.25. The Labute approximate surface area is 181 Å². The van der Waals surface area contributed by atoms with Crippen molar-refractivity contribution in [2.24, 2.45) is 0 Å². The first-order valence-electron chi connectivity index (χ1n) is 10.3. The first kappa shape index (κ1) is 20.6. The lowest BCUT2D eigenvalue weighted by molar-refractivity contribution is 0.0502. The number of pyridine rings is 1. The maximum Gasteiger partial charge on any atom is 0.272 e. The van der Waals surface area contributed by atoms with Gasteiger partial charge in [-0.3, -0.25) is 9.78 Å². The van der Waals surface area contributed by atoms with Crippen LogP contribution in [0.1, 0.15) is 34.5 Å². The molecule has 4 rings (SSSR count). The van der Waals surface area contributed by atoms with Crippen LogP contribution in [-0.2, 0) is 17.7 Å². The molecule has 0 aliphatic carbocycles. The number of carbonyl (C=O) groups is 1. The number of amides is 1. The minimum atomic E-state index is -0.0742. The maximum atomic E-state index is 13.1. The SMILES string of the molecule is O=C(c1ccccn1)N(Cc1cccc(OCCc2ccsc2)c1)CC1CCCO1. The van der Waals surface area contributed by atoms with Crippen molar-refractivity contribution in [1.82, 2.24) is 9.88 Å². The van der Waals surface area contributed by atoms with Crippen LogP contribution in [0.5, 0.6) is 5.75 Å². The summed E-state index contributed by atoms with van der Waals surface area (Å²) in [5, 5.41) is 4.23. The zero-order valence-corrected chi connectivity index (χ0v) is 17.7. The highest BCUT2D eigenvalue weighted by molar-refractivity contribution is 7.07. The highest BCUT2D eigenvalue weighted by Gasteiger charge is 2.24. The fourth-order valence-corrected chi connectivity index (χ4v) is 4.28. The molecule has 1 fully saturated rings. The van der Waals surface area contributed by atoms with Gasteiger partial charge in [0.25, 0.3) is 5.91 Å². The number of benzene rings is 1. The predicted octanol–water partition coefficient (Wildman–Crippen LogP) is 4.59. The number of aromatic nitrogens is 1. The summed E-state index contributed by atoms with van der Waals surface area (Å²) in [6.07, 6.45) is 4.65. The summed E-state index contributed by atoms with van der Waals surface area (Å²) >= 11 is 1.70. The average molecular weight is 423 g/mol. The van der Waals surface area contributed by atoms with Crippen molar-refractivity contribution in [3.8, 4) is 5.75 Å². The van der Waals surface area contributed by atoms with Gasteiger partial charge < -0.3 is 14.4 Å². The molecule has 2 aromatic heterocycles. The third-order valence-corrected chi connectivity index (χ3v) is 5.86. The van der Waals surface area contributed by atoms with Crippen molar-refractivity contribution >= 4 is 17.2 Å². The highest BCUT2D eigenvalue weighted by atomic mass is 32.1. The van der Waals surface area contributed by atoms with Gasteiger partial charge >= 0.3 is 0 Å². The molecule has 156 valence electrons. The van der Waals surface area contributed by atoms with Crippen molar-refractivity contribution < 1.29 is 14.3 Å². The fourth-order valence-electron chi connectivity index (χ4n) is 3.58. The van der Waals surface area contributed by atoms with E-state index in [1.54, 1.807) is 23.6 Å². The number of carbonyl (C=O) groups excluding carboxylic acids is 1. The molecule has 6 heteroatoms. The van der Waals surface area contributed by atoms with Gasteiger partial charge in [-0.05, 0) is 65.1 Å². The minimum Gasteiger partial charge on any atom is -0.493 e. The van der Waals surface area contributed by atoms with Gasteiger partial charge in [0.15, 0.2) is 0 Å². The van der Waals surface area contributed by atoms with E-state index in [0.29, 0.717) is 25.4 Å². The molecule has 30 heavy (non-hydrogen) atoms. The van der Waals surface area contributed by atoms with Crippen LogP contribution < -0.4 is 4.74 Å². The van der Waals surface area contributed by atoms with Gasteiger partial charge in [-0.2, -0.15) is 11.3 Å².